The van der Waals surface area contributed by atoms with E-state index < -0.39 is 11.5 Å². The summed E-state index contributed by atoms with van der Waals surface area (Å²) in [6.45, 7) is 2.97. The van der Waals surface area contributed by atoms with Gasteiger partial charge in [0.2, 0.25) is 5.91 Å². The van der Waals surface area contributed by atoms with Crippen molar-refractivity contribution in [1.29, 1.82) is 0 Å². The van der Waals surface area contributed by atoms with E-state index in [-0.39, 0.29) is 19.1 Å². The van der Waals surface area contributed by atoms with Gasteiger partial charge in [0.25, 0.3) is 0 Å². The van der Waals surface area contributed by atoms with Crippen LogP contribution in [0.4, 0.5) is 5.69 Å². The van der Waals surface area contributed by atoms with Crippen LogP contribution in [0, 0.1) is 0 Å². The maximum Gasteiger partial charge on any atom is 0.230 e. The molecule has 0 aliphatic rings. The van der Waals surface area contributed by atoms with Gasteiger partial charge in [-0.15, -0.1) is 0 Å². The molecule has 0 heterocycles. The van der Waals surface area contributed by atoms with Gasteiger partial charge >= 0.3 is 0 Å². The highest BCUT2D eigenvalue weighted by Gasteiger charge is 2.30. The molecule has 100 valence electrons. The van der Waals surface area contributed by atoms with E-state index in [1.807, 2.05) is 0 Å². The first-order valence-electron chi connectivity index (χ1n) is 5.80. The Balaban J connectivity index is 2.85. The number of hydrogen-bond acceptors (Lipinski definition) is 4. The molecule has 0 aromatic heterocycles. The number of nitrogen functional groups attached to an aromatic ring is 1. The molecule has 0 radical (unpaired) electrons. The first-order chi connectivity index (χ1) is 8.41. The van der Waals surface area contributed by atoms with Gasteiger partial charge < -0.3 is 21.3 Å². The van der Waals surface area contributed by atoms with Crippen molar-refractivity contribution in [3.05, 3.63) is 29.8 Å². The number of hydrogen-bond donors (Lipinski definition) is 4. The van der Waals surface area contributed by atoms with Crippen molar-refractivity contribution in [2.24, 2.45) is 0 Å². The van der Waals surface area contributed by atoms with Crippen molar-refractivity contribution < 1.29 is 15.0 Å². The van der Waals surface area contributed by atoms with Gasteiger partial charge in [-0.25, -0.2) is 0 Å². The van der Waals surface area contributed by atoms with E-state index in [0.29, 0.717) is 5.69 Å². The van der Waals surface area contributed by atoms with Crippen LogP contribution >= 0.6 is 0 Å². The number of nitrogens with two attached hydrogens (primary N) is 1. The molecular formula is C13H20N2O3. The van der Waals surface area contributed by atoms with E-state index in [2.05, 4.69) is 5.32 Å². The van der Waals surface area contributed by atoms with E-state index in [0.717, 1.165) is 5.56 Å². The van der Waals surface area contributed by atoms with Crippen LogP contribution in [0.15, 0.2) is 24.3 Å². The molecule has 0 saturated heterocycles. The van der Waals surface area contributed by atoms with Gasteiger partial charge in [0.05, 0.1) is 24.7 Å². The van der Waals surface area contributed by atoms with Crippen LogP contribution in [0.1, 0.15) is 19.4 Å². The van der Waals surface area contributed by atoms with Crippen LogP contribution < -0.4 is 11.1 Å². The van der Waals surface area contributed by atoms with Gasteiger partial charge in [0.15, 0.2) is 0 Å². The molecule has 0 spiro atoms. The van der Waals surface area contributed by atoms with Crippen molar-refractivity contribution >= 4 is 11.6 Å². The largest absolute Gasteiger partial charge is 0.399 e. The fourth-order valence-electron chi connectivity index (χ4n) is 1.55. The average Bonchev–Trinajstić information content (AvgIpc) is 2.36. The molecule has 0 saturated carbocycles. The molecule has 5 heteroatoms. The zero-order valence-electron chi connectivity index (χ0n) is 10.7. The zero-order valence-corrected chi connectivity index (χ0v) is 10.7. The molecule has 0 unspecified atom stereocenters. The number of rotatable bonds is 5. The maximum absolute atomic E-state index is 12.1. The fourth-order valence-corrected chi connectivity index (χ4v) is 1.55. The number of nitrogens with one attached hydrogen (secondary N) is 1. The number of aliphatic hydroxyl groups excluding tert-OH is 2. The van der Waals surface area contributed by atoms with E-state index in [9.17, 15) is 4.79 Å². The Bertz CT molecular complexity index is 397. The highest BCUT2D eigenvalue weighted by molar-refractivity contribution is 5.87. The monoisotopic (exact) mass is 252 g/mol. The Kier molecular flexibility index (Phi) is 4.69. The van der Waals surface area contributed by atoms with Gasteiger partial charge in [-0.2, -0.15) is 0 Å². The summed E-state index contributed by atoms with van der Waals surface area (Å²) in [5.41, 5.74) is 6.31. The topological polar surface area (TPSA) is 95.6 Å². The second-order valence-corrected chi connectivity index (χ2v) is 4.78. The Morgan fingerprint density at radius 1 is 1.28 bits per heavy atom. The number of aliphatic hydroxyl groups is 2. The fraction of sp³-hybridized carbons (Fsp3) is 0.462. The van der Waals surface area contributed by atoms with Crippen LogP contribution in [0.5, 0.6) is 0 Å². The van der Waals surface area contributed by atoms with E-state index >= 15 is 0 Å². The van der Waals surface area contributed by atoms with E-state index in [1.54, 1.807) is 38.1 Å². The Morgan fingerprint density at radius 2 is 1.78 bits per heavy atom. The van der Waals surface area contributed by atoms with Gasteiger partial charge in [-0.05, 0) is 31.5 Å². The lowest BCUT2D eigenvalue weighted by atomic mass is 9.83. The highest BCUT2D eigenvalue weighted by atomic mass is 16.3. The molecule has 1 aromatic rings. The lowest BCUT2D eigenvalue weighted by Gasteiger charge is -2.26. The molecule has 18 heavy (non-hydrogen) atoms. The van der Waals surface area contributed by atoms with Gasteiger partial charge in [-0.1, -0.05) is 12.1 Å². The van der Waals surface area contributed by atoms with Gasteiger partial charge in [0.1, 0.15) is 0 Å². The minimum absolute atomic E-state index is 0.250. The third-order valence-corrected chi connectivity index (χ3v) is 2.98. The summed E-state index contributed by atoms with van der Waals surface area (Å²) in [5.74, 6) is -0.250. The second kappa shape index (κ2) is 5.84. The third-order valence-electron chi connectivity index (χ3n) is 2.98. The third kappa shape index (κ3) is 3.21. The lowest BCUT2D eigenvalue weighted by molar-refractivity contribution is -0.127. The molecule has 1 aromatic carbocycles. The first kappa shape index (κ1) is 14.5. The number of anilines is 1. The average molecular weight is 252 g/mol. The van der Waals surface area contributed by atoms with Gasteiger partial charge in [0, 0.05) is 5.69 Å². The highest BCUT2D eigenvalue weighted by Crippen LogP contribution is 2.24. The van der Waals surface area contributed by atoms with Crippen molar-refractivity contribution in [3.63, 3.8) is 0 Å². The molecule has 0 aliphatic heterocycles. The molecular weight excluding hydrogens is 232 g/mol. The van der Waals surface area contributed by atoms with Crippen LogP contribution in [0.3, 0.4) is 0 Å². The van der Waals surface area contributed by atoms with Crippen LogP contribution in [-0.2, 0) is 10.2 Å². The minimum Gasteiger partial charge on any atom is -0.399 e. The Labute approximate surface area is 107 Å². The molecule has 5 N–H and O–H groups in total. The molecule has 5 nitrogen and oxygen atoms in total. The predicted octanol–water partition coefficient (Wildman–Crippen LogP) is 0.0158. The SMILES string of the molecule is CC(C)(C(=O)NC(CO)CO)c1ccc(N)cc1. The molecule has 1 rings (SSSR count). The summed E-state index contributed by atoms with van der Waals surface area (Å²) in [7, 11) is 0. The summed E-state index contributed by atoms with van der Waals surface area (Å²) in [5, 5.41) is 20.5. The standard InChI is InChI=1S/C13H20N2O3/c1-13(2,9-3-5-10(14)6-4-9)12(18)15-11(7-16)8-17/h3-6,11,16-17H,7-8,14H2,1-2H3,(H,15,18). The second-order valence-electron chi connectivity index (χ2n) is 4.78. The normalized spacial score (nSPS) is 11.6. The summed E-state index contributed by atoms with van der Waals surface area (Å²) in [6, 6.07) is 6.43. The molecule has 0 bridgehead atoms. The quantitative estimate of drug-likeness (QED) is 0.555. The van der Waals surface area contributed by atoms with E-state index in [1.165, 1.54) is 0 Å². The van der Waals surface area contributed by atoms with Crippen molar-refractivity contribution in [2.45, 2.75) is 25.3 Å². The number of amides is 1. The van der Waals surface area contributed by atoms with Crippen LogP contribution in [-0.4, -0.2) is 35.4 Å². The Hall–Kier alpha value is -1.59. The molecule has 0 fully saturated rings. The van der Waals surface area contributed by atoms with Gasteiger partial charge in [-0.3, -0.25) is 4.79 Å². The number of benzene rings is 1. The minimum atomic E-state index is -0.754. The number of carbonyl (C=O) groups excluding carboxylic acids is 1. The maximum atomic E-state index is 12.1. The lowest BCUT2D eigenvalue weighted by Crippen LogP contribution is -2.48. The van der Waals surface area contributed by atoms with Crippen LogP contribution in [0.25, 0.3) is 0 Å². The molecule has 0 atom stereocenters. The summed E-state index contributed by atoms with van der Waals surface area (Å²) in [4.78, 5) is 12.1. The van der Waals surface area contributed by atoms with E-state index in [4.69, 9.17) is 15.9 Å². The van der Waals surface area contributed by atoms with Crippen LogP contribution in [0.2, 0.25) is 0 Å². The Morgan fingerprint density at radius 3 is 2.22 bits per heavy atom. The summed E-state index contributed by atoms with van der Waals surface area (Å²) < 4.78 is 0. The first-order valence-corrected chi connectivity index (χ1v) is 5.80. The smallest absolute Gasteiger partial charge is 0.230 e. The number of carbonyl (C=O) groups is 1. The van der Waals surface area contributed by atoms with Crippen molar-refractivity contribution in [3.8, 4) is 0 Å². The zero-order chi connectivity index (χ0) is 13.8. The van der Waals surface area contributed by atoms with Crippen molar-refractivity contribution in [1.82, 2.24) is 5.32 Å². The van der Waals surface area contributed by atoms with Crippen molar-refractivity contribution in [2.75, 3.05) is 18.9 Å². The predicted molar refractivity (Wildman–Crippen MR) is 70.0 cm³/mol. The summed E-state index contributed by atoms with van der Waals surface area (Å²) >= 11 is 0. The molecule has 0 aliphatic carbocycles. The molecule has 1 amide bonds. The summed E-state index contributed by atoms with van der Waals surface area (Å²) in [6.07, 6.45) is 0.